The molecular formula is C11H21NO4S2. The predicted octanol–water partition coefficient (Wildman–Crippen LogP) is 1.72. The molecule has 5 nitrogen and oxygen atoms in total. The number of ether oxygens (including phenoxy) is 2. The Labute approximate surface area is 118 Å². The van der Waals surface area contributed by atoms with Crippen LogP contribution in [0.15, 0.2) is 0 Å². The minimum absolute atomic E-state index is 0.0366. The number of hydrogen-bond acceptors (Lipinski definition) is 6. The number of thioether (sulfide) groups is 1. The Morgan fingerprint density at radius 1 is 1.39 bits per heavy atom. The molecule has 7 heteroatoms. The molecule has 0 saturated heterocycles. The number of nitrogens with one attached hydrogen (secondary N) is 1. The van der Waals surface area contributed by atoms with E-state index in [0.29, 0.717) is 19.6 Å². The van der Waals surface area contributed by atoms with E-state index in [1.807, 2.05) is 6.92 Å². The van der Waals surface area contributed by atoms with E-state index in [0.717, 1.165) is 17.9 Å². The van der Waals surface area contributed by atoms with Crippen LogP contribution in [0.1, 0.15) is 19.8 Å². The molecule has 0 aromatic carbocycles. The minimum Gasteiger partial charge on any atom is -0.465 e. The zero-order valence-corrected chi connectivity index (χ0v) is 12.5. The third-order valence-corrected chi connectivity index (χ3v) is 3.09. The van der Waals surface area contributed by atoms with Crippen molar-refractivity contribution in [2.45, 2.75) is 25.0 Å². The number of alkyl carbamates (subject to hydrolysis) is 1. The maximum Gasteiger partial charge on any atom is 0.406 e. The summed E-state index contributed by atoms with van der Waals surface area (Å²) in [5.74, 6) is 1.47. The van der Waals surface area contributed by atoms with Crippen molar-refractivity contribution in [1.29, 1.82) is 0 Å². The van der Waals surface area contributed by atoms with Gasteiger partial charge in [-0.3, -0.25) is 4.79 Å². The molecule has 106 valence electrons. The quantitative estimate of drug-likeness (QED) is 0.385. The first kappa shape index (κ1) is 17.4. The standard InChI is InChI=1S/C11H21NO4S2/c1-9(17)8-10(13)16-5-7-18-6-3-4-12-11(14)15-2/h9,17H,3-8H2,1-2H3,(H,12,14). The van der Waals surface area contributed by atoms with E-state index in [1.165, 1.54) is 7.11 Å². The van der Waals surface area contributed by atoms with Gasteiger partial charge in [0.2, 0.25) is 0 Å². The summed E-state index contributed by atoms with van der Waals surface area (Å²) in [6, 6.07) is 0. The van der Waals surface area contributed by atoms with Crippen molar-refractivity contribution in [3.05, 3.63) is 0 Å². The van der Waals surface area contributed by atoms with Crippen LogP contribution in [0.25, 0.3) is 0 Å². The van der Waals surface area contributed by atoms with Gasteiger partial charge in [0.25, 0.3) is 0 Å². The zero-order chi connectivity index (χ0) is 13.8. The zero-order valence-electron chi connectivity index (χ0n) is 10.8. The molecule has 1 atom stereocenters. The number of carbonyl (C=O) groups excluding carboxylic acids is 2. The lowest BCUT2D eigenvalue weighted by Gasteiger charge is -2.06. The van der Waals surface area contributed by atoms with Crippen LogP contribution in [0.5, 0.6) is 0 Å². The molecule has 0 aromatic heterocycles. The van der Waals surface area contributed by atoms with Gasteiger partial charge in [0, 0.05) is 17.5 Å². The molecule has 0 rings (SSSR count). The SMILES string of the molecule is COC(=O)NCCCSCCOC(=O)CC(C)S. The van der Waals surface area contributed by atoms with Crippen molar-refractivity contribution in [2.75, 3.05) is 31.8 Å². The summed E-state index contributed by atoms with van der Waals surface area (Å²) >= 11 is 5.80. The number of amides is 1. The average molecular weight is 295 g/mol. The normalized spacial score (nSPS) is 11.7. The number of rotatable bonds is 9. The molecule has 1 N–H and O–H groups in total. The predicted molar refractivity (Wildman–Crippen MR) is 76.4 cm³/mol. The Morgan fingerprint density at radius 3 is 2.72 bits per heavy atom. The summed E-state index contributed by atoms with van der Waals surface area (Å²) < 4.78 is 9.45. The van der Waals surface area contributed by atoms with E-state index in [2.05, 4.69) is 22.7 Å². The second-order valence-corrected chi connectivity index (χ2v) is 5.76. The van der Waals surface area contributed by atoms with Gasteiger partial charge in [-0.15, -0.1) is 0 Å². The highest BCUT2D eigenvalue weighted by atomic mass is 32.2. The van der Waals surface area contributed by atoms with Crippen molar-refractivity contribution in [2.24, 2.45) is 0 Å². The lowest BCUT2D eigenvalue weighted by atomic mass is 10.3. The topological polar surface area (TPSA) is 64.6 Å². The third kappa shape index (κ3) is 11.9. The molecule has 0 aliphatic heterocycles. The van der Waals surface area contributed by atoms with Crippen molar-refractivity contribution >= 4 is 36.5 Å². The van der Waals surface area contributed by atoms with Gasteiger partial charge in [0.1, 0.15) is 6.61 Å². The number of methoxy groups -OCH3 is 1. The molecule has 0 aromatic rings. The summed E-state index contributed by atoms with van der Waals surface area (Å²) in [6.07, 6.45) is 0.799. The summed E-state index contributed by atoms with van der Waals surface area (Å²) in [5, 5.41) is 2.63. The van der Waals surface area contributed by atoms with Crippen LogP contribution in [0.4, 0.5) is 4.79 Å². The van der Waals surface area contributed by atoms with Crippen molar-refractivity contribution in [1.82, 2.24) is 5.32 Å². The summed E-state index contributed by atoms with van der Waals surface area (Å²) in [4.78, 5) is 21.9. The van der Waals surface area contributed by atoms with Gasteiger partial charge in [0.05, 0.1) is 13.5 Å². The summed E-state index contributed by atoms with van der Waals surface area (Å²) in [5.41, 5.74) is 0. The molecule has 0 heterocycles. The van der Waals surface area contributed by atoms with Crippen LogP contribution < -0.4 is 5.32 Å². The molecule has 0 spiro atoms. The Hall–Kier alpha value is -0.560. The number of carbonyl (C=O) groups is 2. The average Bonchev–Trinajstić information content (AvgIpc) is 2.31. The molecule has 0 aliphatic carbocycles. The van der Waals surface area contributed by atoms with E-state index < -0.39 is 6.09 Å². The van der Waals surface area contributed by atoms with Crippen molar-refractivity contribution in [3.63, 3.8) is 0 Å². The lowest BCUT2D eigenvalue weighted by Crippen LogP contribution is -2.24. The molecule has 1 unspecified atom stereocenters. The van der Waals surface area contributed by atoms with Gasteiger partial charge in [-0.2, -0.15) is 24.4 Å². The number of esters is 1. The van der Waals surface area contributed by atoms with Crippen LogP contribution in [-0.2, 0) is 14.3 Å². The van der Waals surface area contributed by atoms with E-state index in [4.69, 9.17) is 4.74 Å². The lowest BCUT2D eigenvalue weighted by molar-refractivity contribution is -0.142. The molecule has 18 heavy (non-hydrogen) atoms. The first-order valence-electron chi connectivity index (χ1n) is 5.79. The van der Waals surface area contributed by atoms with Crippen molar-refractivity contribution in [3.8, 4) is 0 Å². The fourth-order valence-electron chi connectivity index (χ4n) is 1.05. The number of hydrogen-bond donors (Lipinski definition) is 2. The van der Waals surface area contributed by atoms with E-state index in [9.17, 15) is 9.59 Å². The van der Waals surface area contributed by atoms with Crippen LogP contribution in [0, 0.1) is 0 Å². The fourth-order valence-corrected chi connectivity index (χ4v) is 1.96. The van der Waals surface area contributed by atoms with E-state index in [1.54, 1.807) is 11.8 Å². The van der Waals surface area contributed by atoms with E-state index >= 15 is 0 Å². The second-order valence-electron chi connectivity index (χ2n) is 3.66. The molecule has 1 amide bonds. The Bertz CT molecular complexity index is 249. The molecular weight excluding hydrogens is 274 g/mol. The minimum atomic E-state index is -0.408. The highest BCUT2D eigenvalue weighted by Crippen LogP contribution is 2.04. The Balaban J connectivity index is 3.21. The first-order valence-corrected chi connectivity index (χ1v) is 7.46. The maximum atomic E-state index is 11.2. The van der Waals surface area contributed by atoms with Crippen LogP contribution in [-0.4, -0.2) is 49.1 Å². The Kier molecular flexibility index (Phi) is 11.2. The highest BCUT2D eigenvalue weighted by Gasteiger charge is 2.05. The number of thiol groups is 1. The first-order chi connectivity index (χ1) is 8.56. The second kappa shape index (κ2) is 11.5. The molecule has 0 bridgehead atoms. The maximum absolute atomic E-state index is 11.2. The van der Waals surface area contributed by atoms with E-state index in [-0.39, 0.29) is 11.2 Å². The van der Waals surface area contributed by atoms with Crippen LogP contribution >= 0.6 is 24.4 Å². The smallest absolute Gasteiger partial charge is 0.406 e. The molecule has 0 saturated carbocycles. The monoisotopic (exact) mass is 295 g/mol. The van der Waals surface area contributed by atoms with Gasteiger partial charge in [-0.25, -0.2) is 4.79 Å². The fraction of sp³-hybridized carbons (Fsp3) is 0.818. The van der Waals surface area contributed by atoms with Gasteiger partial charge < -0.3 is 14.8 Å². The van der Waals surface area contributed by atoms with Crippen LogP contribution in [0.2, 0.25) is 0 Å². The van der Waals surface area contributed by atoms with Gasteiger partial charge >= 0.3 is 12.1 Å². The largest absolute Gasteiger partial charge is 0.465 e. The van der Waals surface area contributed by atoms with Gasteiger partial charge in [-0.05, 0) is 12.2 Å². The summed E-state index contributed by atoms with van der Waals surface area (Å²) in [7, 11) is 1.34. The summed E-state index contributed by atoms with van der Waals surface area (Å²) in [6.45, 7) is 2.87. The van der Waals surface area contributed by atoms with Crippen LogP contribution in [0.3, 0.4) is 0 Å². The van der Waals surface area contributed by atoms with Gasteiger partial charge in [-0.1, -0.05) is 6.92 Å². The molecule has 0 fully saturated rings. The molecule has 0 radical (unpaired) electrons. The van der Waals surface area contributed by atoms with Gasteiger partial charge in [0.15, 0.2) is 0 Å². The Morgan fingerprint density at radius 2 is 2.11 bits per heavy atom. The third-order valence-electron chi connectivity index (χ3n) is 1.87. The molecule has 0 aliphatic rings. The highest BCUT2D eigenvalue weighted by molar-refractivity contribution is 7.99. The van der Waals surface area contributed by atoms with Crippen molar-refractivity contribution < 1.29 is 19.1 Å².